The Morgan fingerprint density at radius 3 is 2.42 bits per heavy atom. The maximum Gasteiger partial charge on any atom is 0.141 e. The molecule has 1 N–H and O–H groups in total. The number of ether oxygens (including phenoxy) is 1. The lowest BCUT2D eigenvalue weighted by Crippen LogP contribution is -1.93. The first kappa shape index (κ1) is 14.5. The Balaban J connectivity index is 2.26. The van der Waals surface area contributed by atoms with Crippen molar-refractivity contribution in [1.29, 1.82) is 0 Å². The van der Waals surface area contributed by atoms with Crippen LogP contribution in [0.15, 0.2) is 45.3 Å². The summed E-state index contributed by atoms with van der Waals surface area (Å²) < 4.78 is 19.9. The summed E-state index contributed by atoms with van der Waals surface area (Å²) in [6.07, 6.45) is -0.555. The summed E-state index contributed by atoms with van der Waals surface area (Å²) in [7, 11) is 0. The third-order valence-electron chi connectivity index (χ3n) is 2.54. The lowest BCUT2D eigenvalue weighted by Gasteiger charge is -2.11. The van der Waals surface area contributed by atoms with Crippen molar-refractivity contribution in [2.24, 2.45) is 0 Å². The maximum atomic E-state index is 13.0. The van der Waals surface area contributed by atoms with Crippen LogP contribution in [-0.4, -0.2) is 5.11 Å². The predicted octanol–water partition coefficient (Wildman–Crippen LogP) is 5.20. The van der Waals surface area contributed by atoms with Gasteiger partial charge in [-0.05, 0) is 58.7 Å². The van der Waals surface area contributed by atoms with Gasteiger partial charge in [-0.2, -0.15) is 0 Å². The van der Waals surface area contributed by atoms with E-state index < -0.39 is 6.10 Å². The highest BCUT2D eigenvalue weighted by Gasteiger charge is 2.09. The van der Waals surface area contributed by atoms with Gasteiger partial charge >= 0.3 is 0 Å². The van der Waals surface area contributed by atoms with Gasteiger partial charge < -0.3 is 9.84 Å². The Labute approximate surface area is 127 Å². The predicted molar refractivity (Wildman–Crippen MR) is 78.9 cm³/mol. The smallest absolute Gasteiger partial charge is 0.141 e. The average Bonchev–Trinajstić information content (AvgIpc) is 2.32. The van der Waals surface area contributed by atoms with Crippen molar-refractivity contribution >= 4 is 31.9 Å². The molecule has 0 fully saturated rings. The van der Waals surface area contributed by atoms with Crippen LogP contribution < -0.4 is 4.74 Å². The van der Waals surface area contributed by atoms with Gasteiger partial charge in [-0.1, -0.05) is 22.0 Å². The van der Waals surface area contributed by atoms with Crippen molar-refractivity contribution in [3.8, 4) is 11.5 Å². The minimum atomic E-state index is -0.555. The molecule has 2 aromatic carbocycles. The van der Waals surface area contributed by atoms with Crippen molar-refractivity contribution in [2.45, 2.75) is 13.0 Å². The molecule has 19 heavy (non-hydrogen) atoms. The SMILES string of the molecule is CC(O)c1ccc(Oc2ccc(F)cc2Br)cc1Br. The Bertz CT molecular complexity index is 600. The fourth-order valence-electron chi connectivity index (χ4n) is 1.60. The first-order valence-corrected chi connectivity index (χ1v) is 7.16. The molecule has 0 saturated heterocycles. The molecule has 2 nitrogen and oxygen atoms in total. The van der Waals surface area contributed by atoms with E-state index in [1.165, 1.54) is 12.1 Å². The zero-order chi connectivity index (χ0) is 14.0. The standard InChI is InChI=1S/C14H11Br2FO2/c1-8(18)11-4-3-10(7-12(11)15)19-14-5-2-9(17)6-13(14)16/h2-8,18H,1H3. The van der Waals surface area contributed by atoms with Crippen LogP contribution >= 0.6 is 31.9 Å². The first-order chi connectivity index (χ1) is 8.97. The van der Waals surface area contributed by atoms with Crippen LogP contribution in [0.25, 0.3) is 0 Å². The molecule has 0 aliphatic rings. The summed E-state index contributed by atoms with van der Waals surface area (Å²) in [5, 5.41) is 9.54. The van der Waals surface area contributed by atoms with Gasteiger partial charge in [0.2, 0.25) is 0 Å². The second kappa shape index (κ2) is 6.03. The van der Waals surface area contributed by atoms with E-state index in [0.717, 1.165) is 10.0 Å². The van der Waals surface area contributed by atoms with Gasteiger partial charge in [0.05, 0.1) is 10.6 Å². The highest BCUT2D eigenvalue weighted by Crippen LogP contribution is 2.33. The molecule has 0 radical (unpaired) electrons. The molecule has 2 rings (SSSR count). The van der Waals surface area contributed by atoms with E-state index in [9.17, 15) is 9.50 Å². The molecule has 0 aliphatic heterocycles. The maximum absolute atomic E-state index is 13.0. The van der Waals surface area contributed by atoms with Crippen molar-refractivity contribution in [3.63, 3.8) is 0 Å². The zero-order valence-corrected chi connectivity index (χ0v) is 13.2. The molecule has 5 heteroatoms. The van der Waals surface area contributed by atoms with Crippen LogP contribution in [0.1, 0.15) is 18.6 Å². The quantitative estimate of drug-likeness (QED) is 0.781. The van der Waals surface area contributed by atoms with Crippen molar-refractivity contribution < 1.29 is 14.2 Å². The van der Waals surface area contributed by atoms with Gasteiger partial charge in [0.25, 0.3) is 0 Å². The van der Waals surface area contributed by atoms with Crippen LogP contribution in [0.2, 0.25) is 0 Å². The number of benzene rings is 2. The largest absolute Gasteiger partial charge is 0.456 e. The topological polar surface area (TPSA) is 29.5 Å². The molecule has 2 aromatic rings. The first-order valence-electron chi connectivity index (χ1n) is 5.58. The molecular weight excluding hydrogens is 379 g/mol. The number of halogens is 3. The Morgan fingerprint density at radius 2 is 1.84 bits per heavy atom. The van der Waals surface area contributed by atoms with Gasteiger partial charge in [-0.3, -0.25) is 0 Å². The zero-order valence-electron chi connectivity index (χ0n) is 10.0. The van der Waals surface area contributed by atoms with E-state index in [4.69, 9.17) is 4.74 Å². The van der Waals surface area contributed by atoms with Gasteiger partial charge in [0.1, 0.15) is 17.3 Å². The number of hydrogen-bond acceptors (Lipinski definition) is 2. The fraction of sp³-hybridized carbons (Fsp3) is 0.143. The molecule has 0 amide bonds. The van der Waals surface area contributed by atoms with E-state index in [2.05, 4.69) is 31.9 Å². The number of rotatable bonds is 3. The van der Waals surface area contributed by atoms with E-state index >= 15 is 0 Å². The van der Waals surface area contributed by atoms with Crippen LogP contribution in [0.5, 0.6) is 11.5 Å². The Hall–Kier alpha value is -0.910. The highest BCUT2D eigenvalue weighted by atomic mass is 79.9. The van der Waals surface area contributed by atoms with E-state index in [0.29, 0.717) is 16.0 Å². The second-order valence-electron chi connectivity index (χ2n) is 4.04. The van der Waals surface area contributed by atoms with E-state index in [1.54, 1.807) is 31.2 Å². The van der Waals surface area contributed by atoms with Crippen LogP contribution in [0.4, 0.5) is 4.39 Å². The minimum absolute atomic E-state index is 0.329. The number of hydrogen-bond donors (Lipinski definition) is 1. The number of aliphatic hydroxyl groups excluding tert-OH is 1. The molecule has 0 saturated carbocycles. The summed E-state index contributed by atoms with van der Waals surface area (Å²) in [4.78, 5) is 0. The van der Waals surface area contributed by atoms with Crippen LogP contribution in [0.3, 0.4) is 0 Å². The lowest BCUT2D eigenvalue weighted by atomic mass is 10.1. The highest BCUT2D eigenvalue weighted by molar-refractivity contribution is 9.10. The molecule has 0 spiro atoms. The second-order valence-corrected chi connectivity index (χ2v) is 5.74. The van der Waals surface area contributed by atoms with Gasteiger partial charge in [-0.15, -0.1) is 0 Å². The molecule has 100 valence electrons. The van der Waals surface area contributed by atoms with Gasteiger partial charge in [0.15, 0.2) is 0 Å². The molecular formula is C14H11Br2FO2. The average molecular weight is 390 g/mol. The van der Waals surface area contributed by atoms with Gasteiger partial charge in [-0.25, -0.2) is 4.39 Å². The summed E-state index contributed by atoms with van der Waals surface area (Å²) in [6.45, 7) is 1.69. The number of aliphatic hydroxyl groups is 1. The molecule has 0 aromatic heterocycles. The van der Waals surface area contributed by atoms with Crippen LogP contribution in [0, 0.1) is 5.82 Å². The minimum Gasteiger partial charge on any atom is -0.456 e. The molecule has 0 aliphatic carbocycles. The third kappa shape index (κ3) is 3.55. The normalized spacial score (nSPS) is 12.3. The lowest BCUT2D eigenvalue weighted by molar-refractivity contribution is 0.198. The molecule has 0 heterocycles. The Kier molecular flexibility index (Phi) is 4.60. The summed E-state index contributed by atoms with van der Waals surface area (Å²) in [5.74, 6) is 0.798. The monoisotopic (exact) mass is 388 g/mol. The van der Waals surface area contributed by atoms with Crippen molar-refractivity contribution in [1.82, 2.24) is 0 Å². The van der Waals surface area contributed by atoms with Gasteiger partial charge in [0, 0.05) is 4.47 Å². The van der Waals surface area contributed by atoms with Crippen LogP contribution in [-0.2, 0) is 0 Å². The third-order valence-corrected chi connectivity index (χ3v) is 3.85. The fourth-order valence-corrected chi connectivity index (χ4v) is 2.72. The molecule has 0 bridgehead atoms. The summed E-state index contributed by atoms with van der Waals surface area (Å²) in [5.41, 5.74) is 0.783. The summed E-state index contributed by atoms with van der Waals surface area (Å²) in [6, 6.07) is 9.52. The van der Waals surface area contributed by atoms with Crippen molar-refractivity contribution in [2.75, 3.05) is 0 Å². The van der Waals surface area contributed by atoms with Crippen molar-refractivity contribution in [3.05, 3.63) is 56.7 Å². The summed E-state index contributed by atoms with van der Waals surface area (Å²) >= 11 is 6.62. The molecule has 1 unspecified atom stereocenters. The van der Waals surface area contributed by atoms with E-state index in [1.807, 2.05) is 0 Å². The van der Waals surface area contributed by atoms with E-state index in [-0.39, 0.29) is 5.82 Å². The molecule has 1 atom stereocenters. The Morgan fingerprint density at radius 1 is 1.11 bits per heavy atom.